The molecule has 27 heavy (non-hydrogen) atoms. The number of thiophene rings is 1. The van der Waals surface area contributed by atoms with Gasteiger partial charge in [0, 0.05) is 16.3 Å². The van der Waals surface area contributed by atoms with Crippen LogP contribution in [0.5, 0.6) is 0 Å². The molecule has 2 aliphatic heterocycles. The normalized spacial score (nSPS) is 24.3. The van der Waals surface area contributed by atoms with Crippen LogP contribution in [0.4, 0.5) is 0 Å². The number of rotatable bonds is 2. The van der Waals surface area contributed by atoms with Crippen LogP contribution in [0, 0.1) is 0 Å². The number of amides is 1. The summed E-state index contributed by atoms with van der Waals surface area (Å²) < 4.78 is 1.11. The van der Waals surface area contributed by atoms with E-state index < -0.39 is 0 Å². The van der Waals surface area contributed by atoms with E-state index in [4.69, 9.17) is 16.4 Å². The zero-order valence-corrected chi connectivity index (χ0v) is 16.0. The van der Waals surface area contributed by atoms with E-state index in [2.05, 4.69) is 11.0 Å². The molecule has 4 nitrogen and oxygen atoms in total. The van der Waals surface area contributed by atoms with Crippen molar-refractivity contribution in [2.24, 2.45) is 0 Å². The Morgan fingerprint density at radius 1 is 1.15 bits per heavy atom. The summed E-state index contributed by atoms with van der Waals surface area (Å²) in [5.41, 5.74) is 1.14. The van der Waals surface area contributed by atoms with Gasteiger partial charge in [0.2, 0.25) is 0 Å². The summed E-state index contributed by atoms with van der Waals surface area (Å²) in [4.78, 5) is 22.1. The van der Waals surface area contributed by atoms with Gasteiger partial charge in [0.25, 0.3) is 5.91 Å². The van der Waals surface area contributed by atoms with Gasteiger partial charge in [0.05, 0.1) is 10.9 Å². The summed E-state index contributed by atoms with van der Waals surface area (Å²) in [7, 11) is 0. The first-order valence-electron chi connectivity index (χ1n) is 8.82. The second-order valence-electron chi connectivity index (χ2n) is 6.74. The molecule has 3 heterocycles. The molecular weight excluding hydrogens is 380 g/mol. The van der Waals surface area contributed by atoms with Gasteiger partial charge in [-0.05, 0) is 35.2 Å². The van der Waals surface area contributed by atoms with Crippen molar-refractivity contribution in [2.75, 3.05) is 13.2 Å². The second kappa shape index (κ2) is 6.77. The molecule has 3 unspecified atom stereocenters. The summed E-state index contributed by atoms with van der Waals surface area (Å²) >= 11 is 7.53. The van der Waals surface area contributed by atoms with Crippen molar-refractivity contribution < 1.29 is 9.63 Å². The summed E-state index contributed by atoms with van der Waals surface area (Å²) in [5.74, 6) is -0.0870. The van der Waals surface area contributed by atoms with Gasteiger partial charge in [0.1, 0.15) is 12.8 Å². The molecule has 0 spiro atoms. The fraction of sp³-hybridized carbons (Fsp3) is 0.190. The summed E-state index contributed by atoms with van der Waals surface area (Å²) in [6, 6.07) is 17.9. The average molecular weight is 397 g/mol. The number of hydroxylamine groups is 2. The van der Waals surface area contributed by atoms with Crippen LogP contribution < -0.4 is 0 Å². The minimum absolute atomic E-state index is 0.0822. The molecule has 1 amide bonds. The highest BCUT2D eigenvalue weighted by atomic mass is 35.5. The molecule has 2 aromatic carbocycles. The van der Waals surface area contributed by atoms with Crippen LogP contribution in [-0.4, -0.2) is 35.2 Å². The molecule has 2 aliphatic rings. The quantitative estimate of drug-likeness (QED) is 0.578. The lowest BCUT2D eigenvalue weighted by Gasteiger charge is -2.46. The molecule has 5 rings (SSSR count). The number of hydrogen-bond acceptors (Lipinski definition) is 4. The maximum absolute atomic E-state index is 13.0. The van der Waals surface area contributed by atoms with Crippen LogP contribution in [0.1, 0.15) is 21.3 Å². The van der Waals surface area contributed by atoms with E-state index in [1.54, 1.807) is 0 Å². The van der Waals surface area contributed by atoms with Crippen molar-refractivity contribution >= 4 is 38.9 Å². The number of carbonyl (C=O) groups excluding carboxylic acids is 1. The standard InChI is InChI=1S/C21H17ClN2O2S/c22-16-9-7-14(8-10-16)20-17-5-3-11-23(20)13-24(26-17)21(25)19-12-15-4-1-2-6-18(15)27-19/h1-10,12,17,20H,11,13H2. The first-order chi connectivity index (χ1) is 13.2. The topological polar surface area (TPSA) is 32.8 Å². The lowest BCUT2D eigenvalue weighted by atomic mass is 9.96. The molecule has 3 atom stereocenters. The zero-order valence-electron chi connectivity index (χ0n) is 14.4. The Bertz CT molecular complexity index is 997. The van der Waals surface area contributed by atoms with Gasteiger partial charge in [-0.2, -0.15) is 0 Å². The number of fused-ring (bicyclic) bond motifs is 3. The molecule has 1 aromatic heterocycles. The second-order valence-corrected chi connectivity index (χ2v) is 8.26. The highest BCUT2D eigenvalue weighted by Gasteiger charge is 2.39. The molecule has 0 radical (unpaired) electrons. The third-order valence-corrected chi connectivity index (χ3v) is 6.36. The Balaban J connectivity index is 1.41. The third kappa shape index (κ3) is 3.07. The molecule has 1 saturated heterocycles. The third-order valence-electron chi connectivity index (χ3n) is 5.00. The van der Waals surface area contributed by atoms with Crippen molar-refractivity contribution in [1.82, 2.24) is 9.96 Å². The Kier molecular flexibility index (Phi) is 4.25. The van der Waals surface area contributed by atoms with Crippen molar-refractivity contribution in [2.45, 2.75) is 12.1 Å². The lowest BCUT2D eigenvalue weighted by Crippen LogP contribution is -2.55. The molecule has 0 N–H and O–H groups in total. The first kappa shape index (κ1) is 17.0. The van der Waals surface area contributed by atoms with Crippen molar-refractivity contribution in [3.8, 4) is 0 Å². The maximum atomic E-state index is 13.0. The smallest absolute Gasteiger partial charge is 0.270 e. The largest absolute Gasteiger partial charge is 0.288 e. The Morgan fingerprint density at radius 3 is 2.74 bits per heavy atom. The molecule has 1 fully saturated rings. The highest BCUT2D eigenvalue weighted by Crippen LogP contribution is 2.36. The summed E-state index contributed by atoms with van der Waals surface area (Å²) in [6.45, 7) is 1.21. The van der Waals surface area contributed by atoms with Gasteiger partial charge in [-0.3, -0.25) is 14.5 Å². The van der Waals surface area contributed by atoms with Crippen LogP contribution in [0.15, 0.2) is 66.7 Å². The highest BCUT2D eigenvalue weighted by molar-refractivity contribution is 7.20. The van der Waals surface area contributed by atoms with Crippen LogP contribution in [0.25, 0.3) is 10.1 Å². The maximum Gasteiger partial charge on any atom is 0.288 e. The SMILES string of the molecule is O=C(c1cc2ccccc2s1)N1CN2CC=CC(O1)C2c1ccc(Cl)cc1. The minimum Gasteiger partial charge on any atom is -0.270 e. The van der Waals surface area contributed by atoms with Crippen molar-refractivity contribution in [3.05, 3.63) is 82.2 Å². The predicted octanol–water partition coefficient (Wildman–Crippen LogP) is 4.88. The molecule has 3 aromatic rings. The van der Waals surface area contributed by atoms with Gasteiger partial charge in [-0.1, -0.05) is 54.1 Å². The fourth-order valence-electron chi connectivity index (χ4n) is 3.72. The summed E-state index contributed by atoms with van der Waals surface area (Å²) in [6.07, 6.45) is 3.94. The molecule has 0 aliphatic carbocycles. The van der Waals surface area contributed by atoms with E-state index in [0.29, 0.717) is 16.6 Å². The van der Waals surface area contributed by atoms with Crippen molar-refractivity contribution in [1.29, 1.82) is 0 Å². The van der Waals surface area contributed by atoms with Crippen LogP contribution in [-0.2, 0) is 4.84 Å². The number of benzene rings is 2. The number of halogens is 1. The van der Waals surface area contributed by atoms with E-state index in [-0.39, 0.29) is 18.1 Å². The number of carbonyl (C=O) groups is 1. The monoisotopic (exact) mass is 396 g/mol. The van der Waals surface area contributed by atoms with Crippen LogP contribution >= 0.6 is 22.9 Å². The Labute approximate surface area is 166 Å². The predicted molar refractivity (Wildman–Crippen MR) is 108 cm³/mol. The zero-order chi connectivity index (χ0) is 18.4. The van der Waals surface area contributed by atoms with Gasteiger partial charge >= 0.3 is 0 Å². The Hall–Kier alpha value is -2.18. The Morgan fingerprint density at radius 2 is 1.96 bits per heavy atom. The number of nitrogens with zero attached hydrogens (tertiary/aromatic N) is 2. The fourth-order valence-corrected chi connectivity index (χ4v) is 4.85. The molecule has 2 bridgehead atoms. The van der Waals surface area contributed by atoms with Crippen LogP contribution in [0.3, 0.4) is 0 Å². The van der Waals surface area contributed by atoms with Gasteiger partial charge in [0.15, 0.2) is 0 Å². The first-order valence-corrected chi connectivity index (χ1v) is 10.0. The molecule has 136 valence electrons. The molecule has 6 heteroatoms. The van der Waals surface area contributed by atoms with Crippen molar-refractivity contribution in [3.63, 3.8) is 0 Å². The molecule has 0 saturated carbocycles. The minimum atomic E-state index is -0.202. The lowest BCUT2D eigenvalue weighted by molar-refractivity contribution is -0.232. The molecular formula is C21H17ClN2O2S. The van der Waals surface area contributed by atoms with E-state index in [0.717, 1.165) is 22.2 Å². The van der Waals surface area contributed by atoms with Gasteiger partial charge in [-0.15, -0.1) is 11.3 Å². The van der Waals surface area contributed by atoms with E-state index in [9.17, 15) is 4.79 Å². The van der Waals surface area contributed by atoms with Crippen LogP contribution in [0.2, 0.25) is 5.02 Å². The van der Waals surface area contributed by atoms with Gasteiger partial charge < -0.3 is 0 Å². The van der Waals surface area contributed by atoms with E-state index in [1.807, 2.05) is 60.7 Å². The van der Waals surface area contributed by atoms with E-state index >= 15 is 0 Å². The van der Waals surface area contributed by atoms with Gasteiger partial charge in [-0.25, -0.2) is 5.06 Å². The average Bonchev–Trinajstić information content (AvgIpc) is 3.11. The number of hydrogen-bond donors (Lipinski definition) is 0. The van der Waals surface area contributed by atoms with E-state index in [1.165, 1.54) is 16.4 Å². The summed E-state index contributed by atoms with van der Waals surface area (Å²) in [5, 5.41) is 3.29.